The van der Waals surface area contributed by atoms with E-state index < -0.39 is 17.8 Å². The molecule has 0 fully saturated rings. The number of amides is 2. The van der Waals surface area contributed by atoms with Crippen LogP contribution in [0, 0.1) is 0 Å². The summed E-state index contributed by atoms with van der Waals surface area (Å²) < 4.78 is 4.74. The maximum atomic E-state index is 12.8. The molecule has 3 N–H and O–H groups in total. The molecule has 0 aliphatic carbocycles. The van der Waals surface area contributed by atoms with Crippen LogP contribution in [0.2, 0.25) is 0 Å². The quantitative estimate of drug-likeness (QED) is 0.725. The second kappa shape index (κ2) is 8.53. The number of hydrogen-bond acceptors (Lipinski definition) is 6. The summed E-state index contributed by atoms with van der Waals surface area (Å²) in [6.07, 6.45) is 1.77. The Morgan fingerprint density at radius 1 is 1.25 bits per heavy atom. The number of anilines is 1. The number of thiophene rings is 1. The molecule has 148 valence electrons. The van der Waals surface area contributed by atoms with Gasteiger partial charge >= 0.3 is 5.97 Å². The molecule has 0 saturated heterocycles. The number of fused-ring (bicyclic) bond motifs is 1. The molecule has 1 aliphatic rings. The van der Waals surface area contributed by atoms with Crippen molar-refractivity contribution < 1.29 is 19.1 Å². The monoisotopic (exact) mass is 401 g/mol. The lowest BCUT2D eigenvalue weighted by Crippen LogP contribution is -2.31. The van der Waals surface area contributed by atoms with E-state index in [1.54, 1.807) is 18.2 Å². The topological polar surface area (TPSA) is 102 Å². The van der Waals surface area contributed by atoms with Crippen LogP contribution >= 0.6 is 11.3 Å². The molecule has 0 atom stereocenters. The number of esters is 1. The van der Waals surface area contributed by atoms with Crippen LogP contribution in [-0.2, 0) is 17.7 Å². The van der Waals surface area contributed by atoms with Crippen molar-refractivity contribution in [3.8, 4) is 0 Å². The third-order valence-electron chi connectivity index (χ3n) is 4.73. The summed E-state index contributed by atoms with van der Waals surface area (Å²) in [5.41, 5.74) is 7.26. The minimum atomic E-state index is -0.596. The molecule has 2 amide bonds. The summed E-state index contributed by atoms with van der Waals surface area (Å²) in [4.78, 5) is 40.2. The second-order valence-electron chi connectivity index (χ2n) is 6.59. The van der Waals surface area contributed by atoms with Crippen LogP contribution in [-0.4, -0.2) is 42.9 Å². The molecule has 2 heterocycles. The summed E-state index contributed by atoms with van der Waals surface area (Å²) in [7, 11) is 1.26. The van der Waals surface area contributed by atoms with Gasteiger partial charge in [-0.25, -0.2) is 4.79 Å². The first-order valence-corrected chi connectivity index (χ1v) is 9.93. The van der Waals surface area contributed by atoms with Gasteiger partial charge in [0, 0.05) is 18.0 Å². The standard InChI is InChI=1S/C20H23N3O4S/c1-3-9-23-10-8-14-15(11-23)28-19(16(14)17(21)24)22-18(25)12-6-4-5-7-13(12)20(26)27-2/h4-7H,3,8-11H2,1-2H3,(H2,21,24)(H,22,25). The van der Waals surface area contributed by atoms with Gasteiger partial charge < -0.3 is 15.8 Å². The normalized spacial score (nSPS) is 13.6. The van der Waals surface area contributed by atoms with E-state index in [1.165, 1.54) is 24.5 Å². The van der Waals surface area contributed by atoms with Crippen LogP contribution in [0.15, 0.2) is 24.3 Å². The van der Waals surface area contributed by atoms with Gasteiger partial charge in [0.2, 0.25) is 0 Å². The predicted octanol–water partition coefficient (Wildman–Crippen LogP) is 2.65. The maximum absolute atomic E-state index is 12.8. The number of hydrogen-bond donors (Lipinski definition) is 2. The molecule has 3 rings (SSSR count). The highest BCUT2D eigenvalue weighted by Gasteiger charge is 2.28. The van der Waals surface area contributed by atoms with Crippen molar-refractivity contribution in [2.45, 2.75) is 26.3 Å². The van der Waals surface area contributed by atoms with Gasteiger partial charge in [-0.1, -0.05) is 19.1 Å². The van der Waals surface area contributed by atoms with E-state index in [9.17, 15) is 14.4 Å². The first-order chi connectivity index (χ1) is 13.5. The summed E-state index contributed by atoms with van der Waals surface area (Å²) in [6, 6.07) is 6.39. The number of nitrogens with one attached hydrogen (secondary N) is 1. The summed E-state index contributed by atoms with van der Waals surface area (Å²) >= 11 is 1.37. The number of methoxy groups -OCH3 is 1. The Balaban J connectivity index is 1.92. The summed E-state index contributed by atoms with van der Waals surface area (Å²) in [6.45, 7) is 4.71. The fourth-order valence-electron chi connectivity index (χ4n) is 3.45. The molecule has 7 nitrogen and oxygen atoms in total. The molecular weight excluding hydrogens is 378 g/mol. The van der Waals surface area contributed by atoms with E-state index in [4.69, 9.17) is 10.5 Å². The third kappa shape index (κ3) is 3.93. The van der Waals surface area contributed by atoms with Crippen LogP contribution in [0.3, 0.4) is 0 Å². The van der Waals surface area contributed by atoms with Crippen molar-refractivity contribution in [3.05, 3.63) is 51.4 Å². The van der Waals surface area contributed by atoms with Crippen molar-refractivity contribution in [1.82, 2.24) is 4.90 Å². The molecule has 1 aliphatic heterocycles. The number of benzene rings is 1. The van der Waals surface area contributed by atoms with Crippen LogP contribution in [0.1, 0.15) is 54.9 Å². The lowest BCUT2D eigenvalue weighted by molar-refractivity contribution is 0.0597. The van der Waals surface area contributed by atoms with Crippen LogP contribution in [0.5, 0.6) is 0 Å². The number of nitrogens with zero attached hydrogens (tertiary/aromatic N) is 1. The van der Waals surface area contributed by atoms with E-state index in [1.807, 2.05) is 0 Å². The zero-order chi connectivity index (χ0) is 20.3. The van der Waals surface area contributed by atoms with Gasteiger partial charge in [0.15, 0.2) is 0 Å². The molecule has 28 heavy (non-hydrogen) atoms. The molecule has 1 aromatic heterocycles. The Labute approximate surface area is 167 Å². The van der Waals surface area contributed by atoms with E-state index in [0.717, 1.165) is 42.9 Å². The third-order valence-corrected chi connectivity index (χ3v) is 5.86. The first kappa shape index (κ1) is 20.0. The van der Waals surface area contributed by atoms with Crippen molar-refractivity contribution in [1.29, 1.82) is 0 Å². The largest absolute Gasteiger partial charge is 0.465 e. The number of carbonyl (C=O) groups is 3. The van der Waals surface area contributed by atoms with Crippen molar-refractivity contribution in [2.24, 2.45) is 5.73 Å². The molecular formula is C20H23N3O4S. The van der Waals surface area contributed by atoms with Crippen LogP contribution < -0.4 is 11.1 Å². The zero-order valence-electron chi connectivity index (χ0n) is 15.9. The highest BCUT2D eigenvalue weighted by Crippen LogP contribution is 2.37. The Kier molecular flexibility index (Phi) is 6.11. The Morgan fingerprint density at radius 2 is 1.96 bits per heavy atom. The Hall–Kier alpha value is -2.71. The lowest BCUT2D eigenvalue weighted by Gasteiger charge is -2.26. The molecule has 0 spiro atoms. The maximum Gasteiger partial charge on any atom is 0.338 e. The van der Waals surface area contributed by atoms with Crippen molar-refractivity contribution >= 4 is 34.1 Å². The van der Waals surface area contributed by atoms with Gasteiger partial charge in [0.1, 0.15) is 5.00 Å². The van der Waals surface area contributed by atoms with Crippen molar-refractivity contribution in [3.63, 3.8) is 0 Å². The van der Waals surface area contributed by atoms with Crippen LogP contribution in [0.25, 0.3) is 0 Å². The van der Waals surface area contributed by atoms with Gasteiger partial charge in [-0.15, -0.1) is 11.3 Å². The molecule has 8 heteroatoms. The minimum absolute atomic E-state index is 0.165. The zero-order valence-corrected chi connectivity index (χ0v) is 16.7. The Bertz CT molecular complexity index is 922. The highest BCUT2D eigenvalue weighted by molar-refractivity contribution is 7.17. The van der Waals surface area contributed by atoms with E-state index in [2.05, 4.69) is 17.1 Å². The minimum Gasteiger partial charge on any atom is -0.465 e. The average molecular weight is 401 g/mol. The van der Waals surface area contributed by atoms with E-state index in [-0.39, 0.29) is 11.1 Å². The molecule has 0 saturated carbocycles. The number of rotatable bonds is 6. The fourth-order valence-corrected chi connectivity index (χ4v) is 4.74. The number of primary amides is 1. The lowest BCUT2D eigenvalue weighted by atomic mass is 10.0. The van der Waals surface area contributed by atoms with Gasteiger partial charge in [0.05, 0.1) is 23.8 Å². The number of ether oxygens (including phenoxy) is 1. The Morgan fingerprint density at radius 3 is 2.61 bits per heavy atom. The van der Waals surface area contributed by atoms with E-state index >= 15 is 0 Å². The SMILES string of the molecule is CCCN1CCc2c(sc(NC(=O)c3ccccc3C(=O)OC)c2C(N)=O)C1. The second-order valence-corrected chi connectivity index (χ2v) is 7.69. The van der Waals surface area contributed by atoms with Crippen molar-refractivity contribution in [2.75, 3.05) is 25.5 Å². The number of carbonyl (C=O) groups excluding carboxylic acids is 3. The smallest absolute Gasteiger partial charge is 0.338 e. The fraction of sp³-hybridized carbons (Fsp3) is 0.350. The van der Waals surface area contributed by atoms with Gasteiger partial charge in [-0.3, -0.25) is 14.5 Å². The highest BCUT2D eigenvalue weighted by atomic mass is 32.1. The van der Waals surface area contributed by atoms with E-state index in [0.29, 0.717) is 10.6 Å². The molecule has 2 aromatic rings. The predicted molar refractivity (Wildman–Crippen MR) is 108 cm³/mol. The molecule has 1 aromatic carbocycles. The first-order valence-electron chi connectivity index (χ1n) is 9.11. The van der Waals surface area contributed by atoms with Crippen LogP contribution in [0.4, 0.5) is 5.00 Å². The van der Waals surface area contributed by atoms with Gasteiger partial charge in [-0.2, -0.15) is 0 Å². The summed E-state index contributed by atoms with van der Waals surface area (Å²) in [5.74, 6) is -1.63. The molecule has 0 unspecified atom stereocenters. The average Bonchev–Trinajstić information content (AvgIpc) is 3.04. The molecule has 0 radical (unpaired) electrons. The molecule has 0 bridgehead atoms. The summed E-state index contributed by atoms with van der Waals surface area (Å²) in [5, 5.41) is 3.22. The van der Waals surface area contributed by atoms with Gasteiger partial charge in [0.25, 0.3) is 11.8 Å². The van der Waals surface area contributed by atoms with Gasteiger partial charge in [-0.05, 0) is 37.1 Å². The number of nitrogens with two attached hydrogens (primary N) is 1.